The van der Waals surface area contributed by atoms with Crippen molar-refractivity contribution in [3.8, 4) is 0 Å². The summed E-state index contributed by atoms with van der Waals surface area (Å²) in [6.45, 7) is 4.16. The predicted molar refractivity (Wildman–Crippen MR) is 74.9 cm³/mol. The van der Waals surface area contributed by atoms with E-state index in [0.29, 0.717) is 6.61 Å². The van der Waals surface area contributed by atoms with E-state index >= 15 is 0 Å². The number of nitrogens with zero attached hydrogens (tertiary/aromatic N) is 3. The lowest BCUT2D eigenvalue weighted by atomic mass is 9.84. The van der Waals surface area contributed by atoms with Crippen LogP contribution in [0.25, 0.3) is 0 Å². The van der Waals surface area contributed by atoms with E-state index in [0.717, 1.165) is 36.4 Å². The number of nitrogens with one attached hydrogen (secondary N) is 1. The summed E-state index contributed by atoms with van der Waals surface area (Å²) in [5.74, 6) is 0. The van der Waals surface area contributed by atoms with E-state index in [-0.39, 0.29) is 11.6 Å². The normalized spacial score (nSPS) is 20.4. The Morgan fingerprint density at radius 2 is 2.21 bits per heavy atom. The number of aromatic nitrogens is 3. The summed E-state index contributed by atoms with van der Waals surface area (Å²) < 4.78 is 14.2. The molecule has 1 unspecified atom stereocenters. The van der Waals surface area contributed by atoms with Gasteiger partial charge in [0.2, 0.25) is 0 Å². The Labute approximate surface area is 122 Å². The molecule has 1 aliphatic rings. The molecular weight excluding hydrogens is 312 g/mol. The van der Waals surface area contributed by atoms with Crippen molar-refractivity contribution in [3.63, 3.8) is 0 Å². The number of rotatable bonds is 5. The maximum absolute atomic E-state index is 6.13. The summed E-state index contributed by atoms with van der Waals surface area (Å²) in [5, 5.41) is 11.5. The number of aryl methyl sites for hydroxylation is 1. The molecule has 2 rings (SSSR count). The summed E-state index contributed by atoms with van der Waals surface area (Å²) in [6.07, 6.45) is 1.73. The van der Waals surface area contributed by atoms with Crippen LogP contribution >= 0.6 is 15.9 Å². The fraction of sp³-hybridized carbons (Fsp3) is 0.833. The largest absolute Gasteiger partial charge is 0.381 e. The van der Waals surface area contributed by atoms with Crippen LogP contribution in [0.5, 0.6) is 0 Å². The molecule has 0 amide bonds. The second kappa shape index (κ2) is 6.30. The number of halogens is 1. The van der Waals surface area contributed by atoms with Crippen molar-refractivity contribution in [3.05, 3.63) is 10.3 Å². The second-order valence-corrected chi connectivity index (χ2v) is 5.47. The van der Waals surface area contributed by atoms with Gasteiger partial charge in [0.15, 0.2) is 4.60 Å². The second-order valence-electron chi connectivity index (χ2n) is 4.72. The van der Waals surface area contributed by atoms with Gasteiger partial charge in [-0.05, 0) is 29.9 Å². The van der Waals surface area contributed by atoms with Crippen molar-refractivity contribution < 1.29 is 9.47 Å². The lowest BCUT2D eigenvalue weighted by Crippen LogP contribution is -2.49. The SMILES string of the molecule is CCOC1(C(NC)c2c(Br)nnn2C)CCOCC1. The molecule has 108 valence electrons. The minimum absolute atomic E-state index is 0.0331. The van der Waals surface area contributed by atoms with Crippen LogP contribution in [0.1, 0.15) is 31.5 Å². The fourth-order valence-corrected chi connectivity index (χ4v) is 3.37. The fourth-order valence-electron chi connectivity index (χ4n) is 2.81. The molecule has 19 heavy (non-hydrogen) atoms. The first-order valence-corrected chi connectivity index (χ1v) is 7.38. The molecule has 1 aliphatic heterocycles. The van der Waals surface area contributed by atoms with Gasteiger partial charge in [-0.2, -0.15) is 0 Å². The van der Waals surface area contributed by atoms with Crippen molar-refractivity contribution in [1.29, 1.82) is 0 Å². The highest BCUT2D eigenvalue weighted by molar-refractivity contribution is 9.10. The van der Waals surface area contributed by atoms with E-state index in [1.165, 1.54) is 0 Å². The van der Waals surface area contributed by atoms with Gasteiger partial charge in [0, 0.05) is 39.7 Å². The lowest BCUT2D eigenvalue weighted by molar-refractivity contribution is -0.128. The smallest absolute Gasteiger partial charge is 0.153 e. The standard InChI is InChI=1S/C12H21BrN4O2/c1-4-19-12(5-7-18-8-6-12)10(14-2)9-11(13)15-16-17(9)3/h10,14H,4-8H2,1-3H3. The monoisotopic (exact) mass is 332 g/mol. The van der Waals surface area contributed by atoms with Gasteiger partial charge in [0.25, 0.3) is 0 Å². The molecule has 0 aromatic carbocycles. The maximum Gasteiger partial charge on any atom is 0.153 e. The minimum atomic E-state index is -0.264. The first-order chi connectivity index (χ1) is 9.14. The highest BCUT2D eigenvalue weighted by Crippen LogP contribution is 2.39. The van der Waals surface area contributed by atoms with Crippen molar-refractivity contribution >= 4 is 15.9 Å². The maximum atomic E-state index is 6.13. The van der Waals surface area contributed by atoms with Crippen LogP contribution in [0.4, 0.5) is 0 Å². The predicted octanol–water partition coefficient (Wildman–Crippen LogP) is 1.42. The summed E-state index contributed by atoms with van der Waals surface area (Å²) >= 11 is 3.48. The average Bonchev–Trinajstić information content (AvgIpc) is 2.73. The van der Waals surface area contributed by atoms with Gasteiger partial charge in [-0.1, -0.05) is 5.21 Å². The van der Waals surface area contributed by atoms with E-state index in [9.17, 15) is 0 Å². The highest BCUT2D eigenvalue weighted by Gasteiger charge is 2.43. The van der Waals surface area contributed by atoms with Crippen LogP contribution in [-0.4, -0.2) is 47.5 Å². The highest BCUT2D eigenvalue weighted by atomic mass is 79.9. The first kappa shape index (κ1) is 14.9. The van der Waals surface area contributed by atoms with E-state index in [4.69, 9.17) is 9.47 Å². The molecule has 0 radical (unpaired) electrons. The van der Waals surface area contributed by atoms with Crippen molar-refractivity contribution in [2.45, 2.75) is 31.4 Å². The van der Waals surface area contributed by atoms with Gasteiger partial charge < -0.3 is 14.8 Å². The molecule has 2 heterocycles. The molecule has 1 saturated heterocycles. The number of likely N-dealkylation sites (N-methyl/N-ethyl adjacent to an activating group) is 1. The summed E-state index contributed by atoms with van der Waals surface area (Å²) in [5.41, 5.74) is 0.748. The summed E-state index contributed by atoms with van der Waals surface area (Å²) in [4.78, 5) is 0. The third-order valence-electron chi connectivity index (χ3n) is 3.69. The Morgan fingerprint density at radius 1 is 1.53 bits per heavy atom. The zero-order valence-electron chi connectivity index (χ0n) is 11.6. The Morgan fingerprint density at radius 3 is 2.68 bits per heavy atom. The summed E-state index contributed by atoms with van der Waals surface area (Å²) in [7, 11) is 3.84. The van der Waals surface area contributed by atoms with Crippen LogP contribution < -0.4 is 5.32 Å². The van der Waals surface area contributed by atoms with Crippen LogP contribution in [0.3, 0.4) is 0 Å². The number of hydrogen-bond acceptors (Lipinski definition) is 5. The molecular formula is C12H21BrN4O2. The van der Waals surface area contributed by atoms with E-state index in [2.05, 4.69) is 31.6 Å². The molecule has 1 atom stereocenters. The zero-order chi connectivity index (χ0) is 13.9. The number of ether oxygens (including phenoxy) is 2. The quantitative estimate of drug-likeness (QED) is 0.883. The lowest BCUT2D eigenvalue weighted by Gasteiger charge is -2.42. The van der Waals surface area contributed by atoms with Gasteiger partial charge in [-0.15, -0.1) is 5.10 Å². The van der Waals surface area contributed by atoms with E-state index in [1.54, 1.807) is 4.68 Å². The topological polar surface area (TPSA) is 61.2 Å². The van der Waals surface area contributed by atoms with Crippen LogP contribution in [0.2, 0.25) is 0 Å². The van der Waals surface area contributed by atoms with Gasteiger partial charge in [-0.25, -0.2) is 4.68 Å². The molecule has 6 nitrogen and oxygen atoms in total. The number of hydrogen-bond donors (Lipinski definition) is 1. The van der Waals surface area contributed by atoms with Gasteiger partial charge in [-0.3, -0.25) is 0 Å². The first-order valence-electron chi connectivity index (χ1n) is 6.58. The molecule has 1 aromatic heterocycles. The molecule has 1 aromatic rings. The molecule has 0 bridgehead atoms. The zero-order valence-corrected chi connectivity index (χ0v) is 13.2. The molecule has 1 N–H and O–H groups in total. The minimum Gasteiger partial charge on any atom is -0.381 e. The van der Waals surface area contributed by atoms with Crippen LogP contribution in [0, 0.1) is 0 Å². The van der Waals surface area contributed by atoms with Crippen molar-refractivity contribution in [2.75, 3.05) is 26.9 Å². The summed E-state index contributed by atoms with van der Waals surface area (Å²) in [6, 6.07) is 0.0331. The molecule has 1 fully saturated rings. The van der Waals surface area contributed by atoms with Gasteiger partial charge in [0.1, 0.15) is 0 Å². The average molecular weight is 333 g/mol. The van der Waals surface area contributed by atoms with Gasteiger partial charge >= 0.3 is 0 Å². The Kier molecular flexibility index (Phi) is 4.94. The third kappa shape index (κ3) is 2.84. The van der Waals surface area contributed by atoms with Crippen LogP contribution in [-0.2, 0) is 16.5 Å². The Bertz CT molecular complexity index is 393. The Balaban J connectivity index is 2.37. The van der Waals surface area contributed by atoms with Crippen LogP contribution in [0.15, 0.2) is 4.60 Å². The van der Waals surface area contributed by atoms with Gasteiger partial charge in [0.05, 0.1) is 17.3 Å². The van der Waals surface area contributed by atoms with Crippen molar-refractivity contribution in [1.82, 2.24) is 20.3 Å². The molecule has 0 aliphatic carbocycles. The Hall–Kier alpha value is -0.500. The van der Waals surface area contributed by atoms with E-state index < -0.39 is 0 Å². The molecule has 0 saturated carbocycles. The molecule has 0 spiro atoms. The third-order valence-corrected chi connectivity index (χ3v) is 4.25. The molecule has 7 heteroatoms. The van der Waals surface area contributed by atoms with E-state index in [1.807, 2.05) is 21.0 Å². The van der Waals surface area contributed by atoms with Crippen molar-refractivity contribution in [2.24, 2.45) is 7.05 Å².